The Balaban J connectivity index is 2.15. The van der Waals surface area contributed by atoms with E-state index >= 15 is 0 Å². The largest absolute Gasteiger partial charge is 0.480 e. The van der Waals surface area contributed by atoms with Crippen molar-refractivity contribution in [2.75, 3.05) is 11.5 Å². The van der Waals surface area contributed by atoms with Crippen LogP contribution in [0.3, 0.4) is 0 Å². The predicted molar refractivity (Wildman–Crippen MR) is 109 cm³/mol. The maximum atomic E-state index is 11.0. The maximum absolute atomic E-state index is 11.0. The summed E-state index contributed by atoms with van der Waals surface area (Å²) >= 11 is 1.57. The van der Waals surface area contributed by atoms with Crippen LogP contribution in [0.1, 0.15) is 59.8 Å². The highest BCUT2D eigenvalue weighted by atomic mass is 32.2. The van der Waals surface area contributed by atoms with Crippen molar-refractivity contribution >= 4 is 17.7 Å². The minimum atomic E-state index is -1.09. The molecule has 0 saturated carbocycles. The average Bonchev–Trinajstić information content (AvgIpc) is 2.60. The van der Waals surface area contributed by atoms with Gasteiger partial charge in [0.2, 0.25) is 0 Å². The Hall–Kier alpha value is -0.380. The summed E-state index contributed by atoms with van der Waals surface area (Å²) in [5.74, 6) is -0.0499. The minimum absolute atomic E-state index is 0.206. The van der Waals surface area contributed by atoms with Gasteiger partial charge in [-0.2, -0.15) is 11.8 Å². The Morgan fingerprint density at radius 2 is 1.82 bits per heavy atom. The first-order chi connectivity index (χ1) is 12.9. The highest BCUT2D eigenvalue weighted by Gasteiger charge is 2.51. The SMILES string of the molecule is CC1(C)CCCCC(C)(C)C2C(CSCCC(N)C(=O)O)OC(O1)C(O)C2O. The predicted octanol–water partition coefficient (Wildman–Crippen LogP) is 1.98. The number of carbonyl (C=O) groups is 1. The standard InChI is InChI=1S/C20H37NO6S/c1-19(2)8-5-6-9-20(3,4)27-18-16(23)15(22)14(19)13(26-18)11-28-10-7-12(21)17(24)25/h12-16,18,22-23H,5-11,21H2,1-4H3,(H,24,25). The molecule has 6 atom stereocenters. The molecular formula is C20H37NO6S. The van der Waals surface area contributed by atoms with Crippen molar-refractivity contribution in [3.63, 3.8) is 0 Å². The van der Waals surface area contributed by atoms with E-state index < -0.39 is 36.1 Å². The number of hydrogen-bond acceptors (Lipinski definition) is 7. The fourth-order valence-corrected chi connectivity index (χ4v) is 5.45. The lowest BCUT2D eigenvalue weighted by Crippen LogP contribution is -2.60. The lowest BCUT2D eigenvalue weighted by molar-refractivity contribution is -0.316. The van der Waals surface area contributed by atoms with E-state index in [1.807, 2.05) is 13.8 Å². The van der Waals surface area contributed by atoms with Gasteiger partial charge in [0.1, 0.15) is 12.1 Å². The molecule has 3 saturated heterocycles. The zero-order valence-electron chi connectivity index (χ0n) is 17.5. The van der Waals surface area contributed by atoms with Crippen molar-refractivity contribution < 1.29 is 29.6 Å². The number of hydrogen-bond donors (Lipinski definition) is 4. The quantitative estimate of drug-likeness (QED) is 0.482. The number of carboxylic acid groups (broad SMARTS) is 1. The maximum Gasteiger partial charge on any atom is 0.320 e. The molecule has 0 spiro atoms. The van der Waals surface area contributed by atoms with Crippen LogP contribution < -0.4 is 5.73 Å². The fraction of sp³-hybridized carbons (Fsp3) is 0.950. The number of aliphatic hydroxyl groups is 2. The van der Waals surface area contributed by atoms with Crippen molar-refractivity contribution in [3.8, 4) is 0 Å². The lowest BCUT2D eigenvalue weighted by Gasteiger charge is -2.49. The second-order valence-electron chi connectivity index (χ2n) is 9.43. The van der Waals surface area contributed by atoms with Gasteiger partial charge in [-0.15, -0.1) is 0 Å². The Morgan fingerprint density at radius 3 is 2.46 bits per heavy atom. The summed E-state index contributed by atoms with van der Waals surface area (Å²) in [5.41, 5.74) is 4.92. The van der Waals surface area contributed by atoms with Crippen LogP contribution in [0.15, 0.2) is 0 Å². The molecule has 0 aromatic heterocycles. The van der Waals surface area contributed by atoms with E-state index in [9.17, 15) is 15.0 Å². The van der Waals surface area contributed by atoms with Crippen LogP contribution >= 0.6 is 11.8 Å². The van der Waals surface area contributed by atoms with Crippen LogP contribution in [0.25, 0.3) is 0 Å². The van der Waals surface area contributed by atoms with Gasteiger partial charge in [-0.25, -0.2) is 0 Å². The van der Waals surface area contributed by atoms with Crippen LogP contribution in [0.4, 0.5) is 0 Å². The van der Waals surface area contributed by atoms with E-state index in [0.29, 0.717) is 17.9 Å². The average molecular weight is 420 g/mol. The molecule has 0 radical (unpaired) electrons. The normalized spacial score (nSPS) is 36.5. The van der Waals surface area contributed by atoms with Gasteiger partial charge in [0.05, 0.1) is 17.8 Å². The Kier molecular flexibility index (Phi) is 8.21. The Morgan fingerprint density at radius 1 is 1.18 bits per heavy atom. The van der Waals surface area contributed by atoms with Gasteiger partial charge < -0.3 is 30.5 Å². The van der Waals surface area contributed by atoms with Gasteiger partial charge in [0, 0.05) is 11.7 Å². The molecule has 7 nitrogen and oxygen atoms in total. The zero-order valence-corrected chi connectivity index (χ0v) is 18.3. The molecule has 3 heterocycles. The second kappa shape index (κ2) is 9.62. The number of aliphatic hydroxyl groups excluding tert-OH is 2. The topological polar surface area (TPSA) is 122 Å². The van der Waals surface area contributed by atoms with Gasteiger partial charge >= 0.3 is 5.97 Å². The van der Waals surface area contributed by atoms with Gasteiger partial charge in [-0.05, 0) is 44.3 Å². The summed E-state index contributed by atoms with van der Waals surface area (Å²) in [7, 11) is 0. The van der Waals surface area contributed by atoms with E-state index in [1.54, 1.807) is 11.8 Å². The first-order valence-corrected chi connectivity index (χ1v) is 11.4. The van der Waals surface area contributed by atoms with Crippen molar-refractivity contribution in [2.24, 2.45) is 17.1 Å². The zero-order chi connectivity index (χ0) is 21.1. The molecule has 3 aliphatic rings. The van der Waals surface area contributed by atoms with E-state index in [2.05, 4.69) is 13.8 Å². The molecule has 2 bridgehead atoms. The first-order valence-electron chi connectivity index (χ1n) is 10.2. The van der Waals surface area contributed by atoms with Crippen LogP contribution in [0.2, 0.25) is 0 Å². The Bertz CT molecular complexity index is 527. The summed E-state index contributed by atoms with van der Waals surface area (Å²) in [6.45, 7) is 8.22. The number of rotatable bonds is 6. The summed E-state index contributed by atoms with van der Waals surface area (Å²) in [4.78, 5) is 10.9. The highest BCUT2D eigenvalue weighted by Crippen LogP contribution is 2.45. The van der Waals surface area contributed by atoms with Gasteiger partial charge in [0.15, 0.2) is 6.29 Å². The van der Waals surface area contributed by atoms with Crippen molar-refractivity contribution in [2.45, 2.75) is 96.0 Å². The summed E-state index contributed by atoms with van der Waals surface area (Å²) in [6, 6.07) is -0.870. The number of aliphatic carboxylic acids is 1. The summed E-state index contributed by atoms with van der Waals surface area (Å²) < 4.78 is 12.3. The molecule has 0 aromatic carbocycles. The molecule has 0 aromatic rings. The Labute approximate surface area is 172 Å². The molecule has 3 fully saturated rings. The van der Waals surface area contributed by atoms with E-state index in [-0.39, 0.29) is 17.4 Å². The number of nitrogens with two attached hydrogens (primary N) is 1. The monoisotopic (exact) mass is 419 g/mol. The minimum Gasteiger partial charge on any atom is -0.480 e. The summed E-state index contributed by atoms with van der Waals surface area (Å²) in [6.07, 6.45) is 1.02. The van der Waals surface area contributed by atoms with Gasteiger partial charge in [-0.3, -0.25) is 4.79 Å². The molecular weight excluding hydrogens is 382 g/mol. The van der Waals surface area contributed by atoms with Crippen molar-refractivity contribution in [1.29, 1.82) is 0 Å². The molecule has 164 valence electrons. The number of fused-ring (bicyclic) bond motifs is 8. The first kappa shape index (κ1) is 23.9. The molecule has 3 aliphatic heterocycles. The van der Waals surface area contributed by atoms with E-state index in [0.717, 1.165) is 25.7 Å². The second-order valence-corrected chi connectivity index (χ2v) is 10.6. The van der Waals surface area contributed by atoms with Crippen LogP contribution in [0.5, 0.6) is 0 Å². The lowest BCUT2D eigenvalue weighted by atomic mass is 9.68. The fourth-order valence-electron chi connectivity index (χ4n) is 4.34. The van der Waals surface area contributed by atoms with Crippen molar-refractivity contribution in [1.82, 2.24) is 0 Å². The third-order valence-corrected chi connectivity index (χ3v) is 7.15. The third-order valence-electron chi connectivity index (χ3n) is 6.07. The molecule has 8 heteroatoms. The summed E-state index contributed by atoms with van der Waals surface area (Å²) in [5, 5.41) is 30.6. The molecule has 3 rings (SSSR count). The molecule has 28 heavy (non-hydrogen) atoms. The number of carboxylic acids is 1. The van der Waals surface area contributed by atoms with E-state index in [4.69, 9.17) is 20.3 Å². The molecule has 5 N–H and O–H groups in total. The van der Waals surface area contributed by atoms with Gasteiger partial charge in [0.25, 0.3) is 0 Å². The van der Waals surface area contributed by atoms with E-state index in [1.165, 1.54) is 0 Å². The molecule has 0 amide bonds. The van der Waals surface area contributed by atoms with Crippen LogP contribution in [-0.2, 0) is 14.3 Å². The number of ether oxygens (including phenoxy) is 2. The number of thioether (sulfide) groups is 1. The van der Waals surface area contributed by atoms with Crippen LogP contribution in [0, 0.1) is 11.3 Å². The van der Waals surface area contributed by atoms with Crippen LogP contribution in [-0.4, -0.2) is 69.0 Å². The molecule has 0 aliphatic carbocycles. The third kappa shape index (κ3) is 6.06. The molecule has 6 unspecified atom stereocenters. The highest BCUT2D eigenvalue weighted by molar-refractivity contribution is 7.99. The smallest absolute Gasteiger partial charge is 0.320 e. The van der Waals surface area contributed by atoms with Crippen molar-refractivity contribution in [3.05, 3.63) is 0 Å². The van der Waals surface area contributed by atoms with Gasteiger partial charge in [-0.1, -0.05) is 26.7 Å².